The highest BCUT2D eigenvalue weighted by molar-refractivity contribution is 5.92. The van der Waals surface area contributed by atoms with Crippen LogP contribution in [0.15, 0.2) is 41.2 Å². The zero-order valence-corrected chi connectivity index (χ0v) is 12.4. The summed E-state index contributed by atoms with van der Waals surface area (Å²) in [4.78, 5) is 19.0. The molecule has 5 heteroatoms. The molecule has 3 rings (SSSR count). The molecule has 0 aliphatic rings. The lowest BCUT2D eigenvalue weighted by Gasteiger charge is -2.10. The third-order valence-corrected chi connectivity index (χ3v) is 3.59. The van der Waals surface area contributed by atoms with E-state index in [1.165, 1.54) is 0 Å². The fraction of sp³-hybridized carbons (Fsp3) is 0.176. The van der Waals surface area contributed by atoms with Gasteiger partial charge in [0.05, 0.1) is 24.8 Å². The number of H-pyrrole nitrogens is 1. The number of benzene rings is 2. The summed E-state index contributed by atoms with van der Waals surface area (Å²) in [7, 11) is 1.61. The van der Waals surface area contributed by atoms with E-state index in [9.17, 15) is 9.90 Å². The maximum Gasteiger partial charge on any atom is 0.269 e. The Morgan fingerprint density at radius 3 is 2.82 bits per heavy atom. The summed E-state index contributed by atoms with van der Waals surface area (Å²) >= 11 is 0. The average molecular weight is 296 g/mol. The second kappa shape index (κ2) is 5.61. The first-order valence-corrected chi connectivity index (χ1v) is 6.91. The number of nitrogens with one attached hydrogen (secondary N) is 1. The Balaban J connectivity index is 2.35. The van der Waals surface area contributed by atoms with Crippen LogP contribution in [0, 0.1) is 6.92 Å². The molecule has 0 spiro atoms. The lowest BCUT2D eigenvalue weighted by Crippen LogP contribution is -2.12. The largest absolute Gasteiger partial charge is 0.497 e. The van der Waals surface area contributed by atoms with E-state index < -0.39 is 0 Å². The number of aryl methyl sites for hydroxylation is 1. The summed E-state index contributed by atoms with van der Waals surface area (Å²) in [6, 6.07) is 11.2. The van der Waals surface area contributed by atoms with Gasteiger partial charge in [0, 0.05) is 5.56 Å². The van der Waals surface area contributed by atoms with Crippen molar-refractivity contribution in [3.63, 3.8) is 0 Å². The summed E-state index contributed by atoms with van der Waals surface area (Å²) in [6.45, 7) is 1.57. The number of nitrogens with zero attached hydrogens (tertiary/aromatic N) is 1. The smallest absolute Gasteiger partial charge is 0.269 e. The number of aliphatic hydroxyl groups is 1. The molecule has 5 nitrogen and oxygen atoms in total. The molecule has 0 bridgehead atoms. The van der Waals surface area contributed by atoms with E-state index in [1.807, 2.05) is 30.3 Å². The van der Waals surface area contributed by atoms with Gasteiger partial charge in [-0.2, -0.15) is 0 Å². The van der Waals surface area contributed by atoms with Gasteiger partial charge in [-0.05, 0) is 42.3 Å². The molecule has 0 saturated carbocycles. The summed E-state index contributed by atoms with van der Waals surface area (Å²) in [5.74, 6) is 0.737. The van der Waals surface area contributed by atoms with Crippen molar-refractivity contribution in [3.8, 4) is 16.9 Å². The number of hydrogen-bond donors (Lipinski definition) is 2. The van der Waals surface area contributed by atoms with Crippen LogP contribution in [0.5, 0.6) is 5.75 Å². The fourth-order valence-corrected chi connectivity index (χ4v) is 2.44. The highest BCUT2D eigenvalue weighted by Gasteiger charge is 2.11. The minimum Gasteiger partial charge on any atom is -0.497 e. The third-order valence-electron chi connectivity index (χ3n) is 3.59. The number of hydrogen-bond acceptors (Lipinski definition) is 4. The second-order valence-electron chi connectivity index (χ2n) is 5.08. The normalized spacial score (nSPS) is 10.9. The van der Waals surface area contributed by atoms with Crippen molar-refractivity contribution in [1.82, 2.24) is 9.97 Å². The van der Waals surface area contributed by atoms with Gasteiger partial charge in [0.15, 0.2) is 0 Å². The van der Waals surface area contributed by atoms with Crippen molar-refractivity contribution in [2.24, 2.45) is 0 Å². The van der Waals surface area contributed by atoms with Crippen LogP contribution in [0.3, 0.4) is 0 Å². The van der Waals surface area contributed by atoms with Crippen LogP contribution in [0.2, 0.25) is 0 Å². The molecule has 1 heterocycles. The predicted octanol–water partition coefficient (Wildman–Crippen LogP) is 2.40. The summed E-state index contributed by atoms with van der Waals surface area (Å²) < 4.78 is 5.26. The summed E-state index contributed by atoms with van der Waals surface area (Å²) in [5.41, 5.74) is 3.97. The molecule has 3 aromatic rings. The monoisotopic (exact) mass is 296 g/mol. The SMILES string of the molecule is COc1cccc(-c2cc(CO)cc3[nH]c(=O)c(C)nc23)c1. The van der Waals surface area contributed by atoms with E-state index in [1.54, 1.807) is 20.1 Å². The molecular weight excluding hydrogens is 280 g/mol. The van der Waals surface area contributed by atoms with Gasteiger partial charge in [-0.25, -0.2) is 4.98 Å². The Hall–Kier alpha value is -2.66. The van der Waals surface area contributed by atoms with Crippen LogP contribution in [0.25, 0.3) is 22.2 Å². The molecule has 0 saturated heterocycles. The van der Waals surface area contributed by atoms with E-state index in [0.717, 1.165) is 16.9 Å². The molecule has 0 fully saturated rings. The highest BCUT2D eigenvalue weighted by Crippen LogP contribution is 2.30. The molecule has 0 aliphatic carbocycles. The van der Waals surface area contributed by atoms with Crippen LogP contribution >= 0.6 is 0 Å². The molecule has 0 aliphatic heterocycles. The average Bonchev–Trinajstić information content (AvgIpc) is 2.55. The first kappa shape index (κ1) is 14.3. The van der Waals surface area contributed by atoms with E-state index in [2.05, 4.69) is 9.97 Å². The van der Waals surface area contributed by atoms with Crippen LogP contribution in [0.4, 0.5) is 0 Å². The number of aromatic nitrogens is 2. The summed E-state index contributed by atoms with van der Waals surface area (Å²) in [5, 5.41) is 9.46. The van der Waals surface area contributed by atoms with E-state index in [-0.39, 0.29) is 12.2 Å². The van der Waals surface area contributed by atoms with Gasteiger partial charge < -0.3 is 14.8 Å². The van der Waals surface area contributed by atoms with Crippen molar-refractivity contribution in [3.05, 3.63) is 58.0 Å². The van der Waals surface area contributed by atoms with Crippen molar-refractivity contribution in [2.75, 3.05) is 7.11 Å². The van der Waals surface area contributed by atoms with Crippen LogP contribution in [-0.2, 0) is 6.61 Å². The topological polar surface area (TPSA) is 75.2 Å². The first-order valence-electron chi connectivity index (χ1n) is 6.91. The number of rotatable bonds is 3. The lowest BCUT2D eigenvalue weighted by molar-refractivity contribution is 0.282. The maximum atomic E-state index is 11.8. The Morgan fingerprint density at radius 2 is 2.09 bits per heavy atom. The number of aliphatic hydroxyl groups excluding tert-OH is 1. The molecule has 0 radical (unpaired) electrons. The minimum atomic E-state index is -0.223. The van der Waals surface area contributed by atoms with E-state index in [4.69, 9.17) is 4.74 Å². The molecule has 0 unspecified atom stereocenters. The number of fused-ring (bicyclic) bond motifs is 1. The second-order valence-corrected chi connectivity index (χ2v) is 5.08. The molecule has 0 amide bonds. The van der Waals surface area contributed by atoms with Crippen molar-refractivity contribution >= 4 is 11.0 Å². The summed E-state index contributed by atoms with van der Waals surface area (Å²) in [6.07, 6.45) is 0. The molecule has 22 heavy (non-hydrogen) atoms. The van der Waals surface area contributed by atoms with Crippen LogP contribution < -0.4 is 10.3 Å². The van der Waals surface area contributed by atoms with Crippen molar-refractivity contribution < 1.29 is 9.84 Å². The zero-order valence-electron chi connectivity index (χ0n) is 12.4. The van der Waals surface area contributed by atoms with Gasteiger partial charge in [-0.15, -0.1) is 0 Å². The molecule has 112 valence electrons. The lowest BCUT2D eigenvalue weighted by atomic mass is 10.0. The zero-order chi connectivity index (χ0) is 15.7. The molecule has 2 N–H and O–H groups in total. The fourth-order valence-electron chi connectivity index (χ4n) is 2.44. The number of methoxy groups -OCH3 is 1. The Bertz CT molecular complexity index is 900. The molecule has 0 atom stereocenters. The van der Waals surface area contributed by atoms with Crippen LogP contribution in [0.1, 0.15) is 11.3 Å². The number of aromatic amines is 1. The first-order chi connectivity index (χ1) is 10.6. The maximum absolute atomic E-state index is 11.8. The minimum absolute atomic E-state index is 0.108. The highest BCUT2D eigenvalue weighted by atomic mass is 16.5. The Morgan fingerprint density at radius 1 is 1.27 bits per heavy atom. The standard InChI is InChI=1S/C17H16N2O3/c1-10-17(21)19-15-7-11(9-20)6-14(16(15)18-10)12-4-3-5-13(8-12)22-2/h3-8,20H,9H2,1-2H3,(H,19,21). The predicted molar refractivity (Wildman–Crippen MR) is 85.0 cm³/mol. The van der Waals surface area contributed by atoms with Gasteiger partial charge in [-0.1, -0.05) is 12.1 Å². The quantitative estimate of drug-likeness (QED) is 0.778. The van der Waals surface area contributed by atoms with Gasteiger partial charge in [0.1, 0.15) is 11.4 Å². The Labute approximate surface area is 127 Å². The van der Waals surface area contributed by atoms with Crippen molar-refractivity contribution in [2.45, 2.75) is 13.5 Å². The van der Waals surface area contributed by atoms with Crippen molar-refractivity contribution in [1.29, 1.82) is 0 Å². The van der Waals surface area contributed by atoms with Gasteiger partial charge in [0.25, 0.3) is 5.56 Å². The van der Waals surface area contributed by atoms with E-state index >= 15 is 0 Å². The third kappa shape index (κ3) is 2.46. The van der Waals surface area contributed by atoms with Gasteiger partial charge in [-0.3, -0.25) is 4.79 Å². The van der Waals surface area contributed by atoms with Crippen LogP contribution in [-0.4, -0.2) is 22.2 Å². The molecular formula is C17H16N2O3. The van der Waals surface area contributed by atoms with E-state index in [0.29, 0.717) is 22.3 Å². The van der Waals surface area contributed by atoms with Gasteiger partial charge >= 0.3 is 0 Å². The molecule has 1 aromatic heterocycles. The Kier molecular flexibility index (Phi) is 3.65. The van der Waals surface area contributed by atoms with Gasteiger partial charge in [0.2, 0.25) is 0 Å². The molecule has 2 aromatic carbocycles. The number of ether oxygens (including phenoxy) is 1.